The second-order valence-corrected chi connectivity index (χ2v) is 7.37. The maximum atomic E-state index is 5.48. The van der Waals surface area contributed by atoms with Gasteiger partial charge in [0.2, 0.25) is 11.8 Å². The molecule has 7 nitrogen and oxygen atoms in total. The van der Waals surface area contributed by atoms with Crippen LogP contribution in [0, 0.1) is 6.92 Å². The number of likely N-dealkylation sites (tertiary alicyclic amines) is 1. The van der Waals surface area contributed by atoms with Gasteiger partial charge in [0, 0.05) is 11.3 Å². The molecule has 0 amide bonds. The number of hydrogen-bond donors (Lipinski definition) is 0. The molecule has 0 aromatic carbocycles. The van der Waals surface area contributed by atoms with Crippen molar-refractivity contribution in [2.24, 2.45) is 0 Å². The van der Waals surface area contributed by atoms with Crippen LogP contribution < -0.4 is 0 Å². The molecule has 0 unspecified atom stereocenters. The minimum atomic E-state index is -0.0930. The lowest BCUT2D eigenvalue weighted by molar-refractivity contribution is 0.128. The zero-order valence-electron chi connectivity index (χ0n) is 14.5. The molecule has 2 aromatic heterocycles. The molecule has 3 rings (SSSR count). The van der Waals surface area contributed by atoms with E-state index in [9.17, 15) is 0 Å². The van der Waals surface area contributed by atoms with Gasteiger partial charge in [-0.05, 0) is 39.8 Å². The fourth-order valence-electron chi connectivity index (χ4n) is 2.88. The summed E-state index contributed by atoms with van der Waals surface area (Å²) in [5.41, 5.74) is -0.0930. The van der Waals surface area contributed by atoms with Crippen LogP contribution in [-0.2, 0) is 5.41 Å². The zero-order chi connectivity index (χ0) is 16.6. The number of aryl methyl sites for hydroxylation is 1. The van der Waals surface area contributed by atoms with Crippen LogP contribution in [0.3, 0.4) is 0 Å². The van der Waals surface area contributed by atoms with Gasteiger partial charge in [-0.1, -0.05) is 31.1 Å². The number of rotatable bonds is 3. The van der Waals surface area contributed by atoms with Gasteiger partial charge in [0.05, 0.1) is 6.04 Å². The fraction of sp³-hybridized carbons (Fsp3) is 0.750. The number of aromatic nitrogens is 4. The van der Waals surface area contributed by atoms with Gasteiger partial charge in [-0.15, -0.1) is 0 Å². The molecule has 2 aromatic rings. The van der Waals surface area contributed by atoms with E-state index in [4.69, 9.17) is 9.05 Å². The Morgan fingerprint density at radius 3 is 2.30 bits per heavy atom. The van der Waals surface area contributed by atoms with Crippen molar-refractivity contribution in [3.63, 3.8) is 0 Å². The average molecular weight is 319 g/mol. The fourth-order valence-corrected chi connectivity index (χ4v) is 2.88. The molecule has 126 valence electrons. The first-order chi connectivity index (χ1) is 10.8. The van der Waals surface area contributed by atoms with Crippen molar-refractivity contribution in [1.82, 2.24) is 25.2 Å². The lowest BCUT2D eigenvalue weighted by Gasteiger charge is -2.33. The predicted molar refractivity (Wildman–Crippen MR) is 84.0 cm³/mol. The molecular formula is C16H25N5O2. The second kappa shape index (κ2) is 6.03. The van der Waals surface area contributed by atoms with E-state index in [0.717, 1.165) is 37.6 Å². The minimum Gasteiger partial charge on any atom is -0.339 e. The summed E-state index contributed by atoms with van der Waals surface area (Å²) in [7, 11) is 0. The Morgan fingerprint density at radius 2 is 1.78 bits per heavy atom. The molecule has 0 saturated carbocycles. The third kappa shape index (κ3) is 3.44. The summed E-state index contributed by atoms with van der Waals surface area (Å²) in [6.45, 7) is 12.2. The Hall–Kier alpha value is -1.76. The first-order valence-electron chi connectivity index (χ1n) is 8.23. The van der Waals surface area contributed by atoms with Crippen molar-refractivity contribution in [1.29, 1.82) is 0 Å². The molecular weight excluding hydrogens is 294 g/mol. The van der Waals surface area contributed by atoms with Gasteiger partial charge in [0.25, 0.3) is 0 Å². The number of nitrogens with zero attached hydrogens (tertiary/aromatic N) is 5. The Morgan fingerprint density at radius 1 is 1.09 bits per heavy atom. The van der Waals surface area contributed by atoms with E-state index in [2.05, 4.69) is 52.9 Å². The molecule has 1 atom stereocenters. The van der Waals surface area contributed by atoms with Crippen molar-refractivity contribution < 1.29 is 9.05 Å². The summed E-state index contributed by atoms with van der Waals surface area (Å²) in [4.78, 5) is 11.3. The van der Waals surface area contributed by atoms with Crippen molar-refractivity contribution in [2.45, 2.75) is 64.8 Å². The van der Waals surface area contributed by atoms with Gasteiger partial charge < -0.3 is 9.05 Å². The van der Waals surface area contributed by atoms with Gasteiger partial charge in [-0.3, -0.25) is 4.90 Å². The monoisotopic (exact) mass is 319 g/mol. The quantitative estimate of drug-likeness (QED) is 0.860. The molecule has 0 bridgehead atoms. The van der Waals surface area contributed by atoms with E-state index in [1.165, 1.54) is 0 Å². The van der Waals surface area contributed by atoms with Crippen LogP contribution in [0.2, 0.25) is 0 Å². The molecule has 1 saturated heterocycles. The van der Waals surface area contributed by atoms with E-state index >= 15 is 0 Å². The molecule has 23 heavy (non-hydrogen) atoms. The van der Waals surface area contributed by atoms with Crippen LogP contribution in [-0.4, -0.2) is 38.3 Å². The van der Waals surface area contributed by atoms with Gasteiger partial charge in [0.15, 0.2) is 11.6 Å². The van der Waals surface area contributed by atoms with Gasteiger partial charge in [-0.2, -0.15) is 9.97 Å². The third-order valence-corrected chi connectivity index (χ3v) is 4.44. The maximum absolute atomic E-state index is 5.48. The van der Waals surface area contributed by atoms with Crippen molar-refractivity contribution >= 4 is 0 Å². The summed E-state index contributed by atoms with van der Waals surface area (Å²) in [5, 5.41) is 8.01. The molecule has 1 aliphatic heterocycles. The highest BCUT2D eigenvalue weighted by Gasteiger charge is 2.30. The van der Waals surface area contributed by atoms with Crippen LogP contribution in [0.25, 0.3) is 0 Å². The topological polar surface area (TPSA) is 81.1 Å². The summed E-state index contributed by atoms with van der Waals surface area (Å²) in [6.07, 6.45) is 2.01. The molecule has 3 heterocycles. The first kappa shape index (κ1) is 16.1. The van der Waals surface area contributed by atoms with E-state index in [1.807, 2.05) is 6.92 Å². The molecule has 7 heteroatoms. The highest BCUT2D eigenvalue weighted by atomic mass is 16.5. The average Bonchev–Trinajstić information content (AvgIpc) is 3.15. The highest BCUT2D eigenvalue weighted by molar-refractivity contribution is 5.03. The molecule has 0 spiro atoms. The standard InChI is InChI=1S/C16H25N5O2/c1-10(13-18-15(20-22-13)16(3,4)5)21-8-6-12(7-9-21)14-17-11(2)19-23-14/h10,12H,6-9H2,1-5H3/t10-/m0/s1. The molecule has 0 radical (unpaired) electrons. The SMILES string of the molecule is Cc1noc(C2CCN([C@@H](C)c3nc(C(C)(C)C)no3)CC2)n1. The molecule has 0 aliphatic carbocycles. The smallest absolute Gasteiger partial charge is 0.243 e. The summed E-state index contributed by atoms with van der Waals surface area (Å²) in [5.74, 6) is 3.28. The van der Waals surface area contributed by atoms with Crippen LogP contribution in [0.15, 0.2) is 9.05 Å². The Kier molecular flexibility index (Phi) is 4.23. The van der Waals surface area contributed by atoms with Gasteiger partial charge in [-0.25, -0.2) is 0 Å². The van der Waals surface area contributed by atoms with Crippen molar-refractivity contribution in [3.05, 3.63) is 23.4 Å². The maximum Gasteiger partial charge on any atom is 0.243 e. The van der Waals surface area contributed by atoms with Crippen molar-refractivity contribution in [3.8, 4) is 0 Å². The third-order valence-electron chi connectivity index (χ3n) is 4.44. The molecule has 0 N–H and O–H groups in total. The van der Waals surface area contributed by atoms with E-state index in [1.54, 1.807) is 0 Å². The van der Waals surface area contributed by atoms with Crippen LogP contribution in [0.4, 0.5) is 0 Å². The number of piperidine rings is 1. The van der Waals surface area contributed by atoms with E-state index in [-0.39, 0.29) is 11.5 Å². The largest absolute Gasteiger partial charge is 0.339 e. The lowest BCUT2D eigenvalue weighted by atomic mass is 9.95. The normalized spacial score (nSPS) is 19.2. The Balaban J connectivity index is 1.62. The summed E-state index contributed by atoms with van der Waals surface area (Å²) in [6, 6.07) is 0.129. The van der Waals surface area contributed by atoms with E-state index in [0.29, 0.717) is 17.6 Å². The number of hydrogen-bond acceptors (Lipinski definition) is 7. The minimum absolute atomic E-state index is 0.0930. The molecule has 1 aliphatic rings. The Bertz CT molecular complexity index is 649. The van der Waals surface area contributed by atoms with Gasteiger partial charge in [0.1, 0.15) is 0 Å². The summed E-state index contributed by atoms with van der Waals surface area (Å²) < 4.78 is 10.8. The van der Waals surface area contributed by atoms with Crippen LogP contribution >= 0.6 is 0 Å². The van der Waals surface area contributed by atoms with Crippen LogP contribution in [0.5, 0.6) is 0 Å². The second-order valence-electron chi connectivity index (χ2n) is 7.37. The van der Waals surface area contributed by atoms with Gasteiger partial charge >= 0.3 is 0 Å². The van der Waals surface area contributed by atoms with Crippen molar-refractivity contribution in [2.75, 3.05) is 13.1 Å². The zero-order valence-corrected chi connectivity index (χ0v) is 14.5. The van der Waals surface area contributed by atoms with E-state index < -0.39 is 0 Å². The summed E-state index contributed by atoms with van der Waals surface area (Å²) >= 11 is 0. The van der Waals surface area contributed by atoms with Crippen LogP contribution in [0.1, 0.15) is 75.9 Å². The lowest BCUT2D eigenvalue weighted by Crippen LogP contribution is -2.35. The predicted octanol–water partition coefficient (Wildman–Crippen LogP) is 3.00. The first-order valence-corrected chi connectivity index (χ1v) is 8.23. The molecule has 1 fully saturated rings. The Labute approximate surface area is 136 Å². The highest BCUT2D eigenvalue weighted by Crippen LogP contribution is 2.31.